The van der Waals surface area contributed by atoms with Crippen molar-refractivity contribution in [2.45, 2.75) is 6.92 Å². The number of halogens is 2. The van der Waals surface area contributed by atoms with Crippen molar-refractivity contribution in [1.29, 1.82) is 0 Å². The minimum absolute atomic E-state index is 0.387. The Morgan fingerprint density at radius 1 is 1.29 bits per heavy atom. The highest BCUT2D eigenvalue weighted by molar-refractivity contribution is 9.10. The average molecular weight is 314 g/mol. The van der Waals surface area contributed by atoms with Crippen LogP contribution in [0, 0.1) is 6.92 Å². The summed E-state index contributed by atoms with van der Waals surface area (Å²) in [5.41, 5.74) is 7.46. The van der Waals surface area contributed by atoms with Crippen LogP contribution < -0.4 is 11.1 Å². The highest BCUT2D eigenvalue weighted by Gasteiger charge is 2.04. The summed E-state index contributed by atoms with van der Waals surface area (Å²) in [5, 5.41) is 3.63. The largest absolute Gasteiger partial charge is 0.383 e. The van der Waals surface area contributed by atoms with Crippen molar-refractivity contribution < 1.29 is 0 Å². The van der Waals surface area contributed by atoms with E-state index in [4.69, 9.17) is 17.3 Å². The number of nitrogens with one attached hydrogen (secondary N) is 1. The molecule has 0 amide bonds. The molecule has 6 heteroatoms. The van der Waals surface area contributed by atoms with Crippen LogP contribution in [0.15, 0.2) is 28.9 Å². The fourth-order valence-corrected chi connectivity index (χ4v) is 2.02. The van der Waals surface area contributed by atoms with Crippen molar-refractivity contribution in [3.05, 3.63) is 39.5 Å². The van der Waals surface area contributed by atoms with Gasteiger partial charge in [-0.2, -0.15) is 4.98 Å². The lowest BCUT2D eigenvalue weighted by Crippen LogP contribution is -2.01. The van der Waals surface area contributed by atoms with Crippen LogP contribution in [-0.4, -0.2) is 9.97 Å². The van der Waals surface area contributed by atoms with Crippen LogP contribution in [0.4, 0.5) is 17.5 Å². The monoisotopic (exact) mass is 312 g/mol. The topological polar surface area (TPSA) is 63.8 Å². The lowest BCUT2D eigenvalue weighted by atomic mass is 10.2. The number of benzene rings is 1. The van der Waals surface area contributed by atoms with Crippen LogP contribution in [0.25, 0.3) is 0 Å². The lowest BCUT2D eigenvalue weighted by molar-refractivity contribution is 1.15. The predicted octanol–water partition coefficient (Wildman–Crippen LogP) is 3.53. The summed E-state index contributed by atoms with van der Waals surface area (Å²) >= 11 is 9.35. The molecule has 0 radical (unpaired) electrons. The van der Waals surface area contributed by atoms with Crippen LogP contribution >= 0.6 is 27.5 Å². The summed E-state index contributed by atoms with van der Waals surface area (Å²) in [4.78, 5) is 8.21. The van der Waals surface area contributed by atoms with Crippen molar-refractivity contribution in [1.82, 2.24) is 9.97 Å². The van der Waals surface area contributed by atoms with Gasteiger partial charge >= 0.3 is 0 Å². The molecule has 17 heavy (non-hydrogen) atoms. The minimum Gasteiger partial charge on any atom is -0.383 e. The van der Waals surface area contributed by atoms with Crippen molar-refractivity contribution in [3.63, 3.8) is 0 Å². The Labute approximate surface area is 112 Å². The fourth-order valence-electron chi connectivity index (χ4n) is 1.33. The summed E-state index contributed by atoms with van der Waals surface area (Å²) < 4.78 is 0.621. The van der Waals surface area contributed by atoms with Crippen molar-refractivity contribution in [2.75, 3.05) is 11.1 Å². The molecule has 0 unspecified atom stereocenters. The molecule has 3 N–H and O–H groups in total. The molecule has 0 fully saturated rings. The van der Waals surface area contributed by atoms with E-state index in [1.54, 1.807) is 6.07 Å². The van der Waals surface area contributed by atoms with Gasteiger partial charge in [-0.05, 0) is 40.5 Å². The Balaban J connectivity index is 2.31. The number of rotatable bonds is 2. The molecule has 0 bridgehead atoms. The maximum absolute atomic E-state index is 6.10. The van der Waals surface area contributed by atoms with Crippen LogP contribution in [0.5, 0.6) is 0 Å². The molecule has 2 aromatic rings. The van der Waals surface area contributed by atoms with Gasteiger partial charge in [0.05, 0.1) is 10.7 Å². The SMILES string of the molecule is Cc1ccc(Nc2nc(N)cc(Br)n2)c(Cl)c1. The van der Waals surface area contributed by atoms with Gasteiger partial charge in [0, 0.05) is 6.07 Å². The van der Waals surface area contributed by atoms with Gasteiger partial charge in [-0.3, -0.25) is 0 Å². The second-order valence-electron chi connectivity index (χ2n) is 3.55. The molecule has 0 aliphatic carbocycles. The summed E-state index contributed by atoms with van der Waals surface area (Å²) in [7, 11) is 0. The van der Waals surface area contributed by atoms with Gasteiger partial charge < -0.3 is 11.1 Å². The van der Waals surface area contributed by atoms with E-state index in [-0.39, 0.29) is 0 Å². The quantitative estimate of drug-likeness (QED) is 0.833. The number of aryl methyl sites for hydroxylation is 1. The molecule has 4 nitrogen and oxygen atoms in total. The van der Waals surface area contributed by atoms with Gasteiger partial charge in [0.25, 0.3) is 0 Å². The van der Waals surface area contributed by atoms with Crippen molar-refractivity contribution >= 4 is 45.0 Å². The predicted molar refractivity (Wildman–Crippen MR) is 73.6 cm³/mol. The van der Waals surface area contributed by atoms with E-state index in [0.29, 0.717) is 21.4 Å². The highest BCUT2D eigenvalue weighted by atomic mass is 79.9. The first-order chi connectivity index (χ1) is 8.04. The molecule has 1 aromatic heterocycles. The number of hydrogen-bond acceptors (Lipinski definition) is 4. The summed E-state index contributed by atoms with van der Waals surface area (Å²) in [5.74, 6) is 0.792. The molecule has 1 aromatic carbocycles. The summed E-state index contributed by atoms with van der Waals surface area (Å²) in [6, 6.07) is 7.32. The smallest absolute Gasteiger partial charge is 0.230 e. The third-order valence-electron chi connectivity index (χ3n) is 2.09. The van der Waals surface area contributed by atoms with E-state index in [9.17, 15) is 0 Å². The molecule has 2 rings (SSSR count). The first kappa shape index (κ1) is 12.1. The molecule has 0 atom stereocenters. The average Bonchev–Trinajstić information content (AvgIpc) is 2.21. The van der Waals surface area contributed by atoms with Gasteiger partial charge in [-0.25, -0.2) is 4.98 Å². The molecule has 0 aliphatic rings. The van der Waals surface area contributed by atoms with Crippen LogP contribution in [-0.2, 0) is 0 Å². The summed E-state index contributed by atoms with van der Waals surface area (Å²) in [6.07, 6.45) is 0. The Morgan fingerprint density at radius 2 is 2.06 bits per heavy atom. The zero-order chi connectivity index (χ0) is 12.4. The molecular weight excluding hydrogens is 304 g/mol. The fraction of sp³-hybridized carbons (Fsp3) is 0.0909. The zero-order valence-electron chi connectivity index (χ0n) is 9.04. The second-order valence-corrected chi connectivity index (χ2v) is 4.77. The van der Waals surface area contributed by atoms with Crippen LogP contribution in [0.1, 0.15) is 5.56 Å². The number of nitrogens with two attached hydrogens (primary N) is 1. The van der Waals surface area contributed by atoms with Gasteiger partial charge in [0.1, 0.15) is 10.4 Å². The maximum Gasteiger partial charge on any atom is 0.230 e. The van der Waals surface area contributed by atoms with E-state index in [0.717, 1.165) is 11.3 Å². The molecular formula is C11H10BrClN4. The number of aromatic nitrogens is 2. The number of hydrogen-bond donors (Lipinski definition) is 2. The Kier molecular flexibility index (Phi) is 3.49. The summed E-state index contributed by atoms with van der Waals surface area (Å²) in [6.45, 7) is 1.98. The second kappa shape index (κ2) is 4.89. The molecule has 1 heterocycles. The standard InChI is InChI=1S/C11H10BrClN4/c1-6-2-3-8(7(13)4-6)15-11-16-9(12)5-10(14)17-11/h2-5H,1H3,(H3,14,15,16,17). The van der Waals surface area contributed by atoms with Crippen molar-refractivity contribution in [2.24, 2.45) is 0 Å². The molecule has 0 spiro atoms. The highest BCUT2D eigenvalue weighted by Crippen LogP contribution is 2.25. The number of nitrogen functional groups attached to an aromatic ring is 1. The molecule has 0 saturated carbocycles. The lowest BCUT2D eigenvalue weighted by Gasteiger charge is -2.08. The zero-order valence-corrected chi connectivity index (χ0v) is 11.4. The minimum atomic E-state index is 0.387. The maximum atomic E-state index is 6.10. The van der Waals surface area contributed by atoms with Gasteiger partial charge in [-0.15, -0.1) is 0 Å². The Bertz CT molecular complexity index is 539. The van der Waals surface area contributed by atoms with E-state index in [1.165, 1.54) is 0 Å². The number of anilines is 3. The van der Waals surface area contributed by atoms with E-state index < -0.39 is 0 Å². The normalized spacial score (nSPS) is 10.3. The Morgan fingerprint density at radius 3 is 2.71 bits per heavy atom. The third kappa shape index (κ3) is 3.08. The first-order valence-corrected chi connectivity index (χ1v) is 6.05. The van der Waals surface area contributed by atoms with Crippen molar-refractivity contribution in [3.8, 4) is 0 Å². The molecule has 0 aliphatic heterocycles. The number of nitrogens with zero attached hydrogens (tertiary/aromatic N) is 2. The van der Waals surface area contributed by atoms with Crippen LogP contribution in [0.3, 0.4) is 0 Å². The first-order valence-electron chi connectivity index (χ1n) is 4.88. The molecule has 88 valence electrons. The van der Waals surface area contributed by atoms with E-state index in [1.807, 2.05) is 25.1 Å². The van der Waals surface area contributed by atoms with Crippen LogP contribution in [0.2, 0.25) is 5.02 Å². The van der Waals surface area contributed by atoms with Gasteiger partial charge in [-0.1, -0.05) is 17.7 Å². The van der Waals surface area contributed by atoms with Gasteiger partial charge in [0.2, 0.25) is 5.95 Å². The molecule has 0 saturated heterocycles. The van der Waals surface area contributed by atoms with E-state index in [2.05, 4.69) is 31.2 Å². The van der Waals surface area contributed by atoms with E-state index >= 15 is 0 Å². The van der Waals surface area contributed by atoms with Gasteiger partial charge in [0.15, 0.2) is 0 Å². The third-order valence-corrected chi connectivity index (χ3v) is 2.80. The Hall–Kier alpha value is -1.33.